The predicted molar refractivity (Wildman–Crippen MR) is 126 cm³/mol. The van der Waals surface area contributed by atoms with Crippen LogP contribution in [0.25, 0.3) is 11.3 Å². The van der Waals surface area contributed by atoms with E-state index in [4.69, 9.17) is 4.52 Å². The molecule has 1 heterocycles. The van der Waals surface area contributed by atoms with Gasteiger partial charge in [-0.1, -0.05) is 72.6 Å². The van der Waals surface area contributed by atoms with Crippen molar-refractivity contribution in [2.45, 2.75) is 19.4 Å². The lowest BCUT2D eigenvalue weighted by Gasteiger charge is -2.20. The van der Waals surface area contributed by atoms with Gasteiger partial charge in [-0.2, -0.15) is 0 Å². The van der Waals surface area contributed by atoms with Crippen molar-refractivity contribution < 1.29 is 13.7 Å². The maximum absolute atomic E-state index is 13.1. The smallest absolute Gasteiger partial charge is 0.332 e. The predicted octanol–water partition coefficient (Wildman–Crippen LogP) is 6.19. The summed E-state index contributed by atoms with van der Waals surface area (Å²) in [5.74, 6) is -0.317. The summed E-state index contributed by atoms with van der Waals surface area (Å²) in [6.07, 6.45) is 2.37. The van der Waals surface area contributed by atoms with Crippen molar-refractivity contribution in [3.63, 3.8) is 0 Å². The molecule has 0 aliphatic heterocycles. The van der Waals surface area contributed by atoms with Crippen molar-refractivity contribution in [1.82, 2.24) is 10.5 Å². The average molecular weight is 448 g/mol. The Morgan fingerprint density at radius 2 is 1.75 bits per heavy atom. The molecule has 0 aliphatic rings. The highest BCUT2D eigenvalue weighted by atomic mass is 32.1. The molecule has 4 rings (SSSR count). The quantitative estimate of drug-likeness (QED) is 0.346. The molecule has 1 aromatic heterocycles. The first-order valence-electron chi connectivity index (χ1n) is 10.1. The van der Waals surface area contributed by atoms with E-state index in [2.05, 4.69) is 35.4 Å². The molecule has 0 fully saturated rings. The van der Waals surface area contributed by atoms with Gasteiger partial charge < -0.3 is 9.84 Å². The molecule has 0 saturated carbocycles. The molecule has 1 atom stereocenters. The van der Waals surface area contributed by atoms with E-state index in [-0.39, 0.29) is 17.9 Å². The lowest BCUT2D eigenvalue weighted by molar-refractivity contribution is 0.247. The topological polar surface area (TPSA) is 58.4 Å². The first-order chi connectivity index (χ1) is 15.5. The number of rotatable bonds is 6. The molecule has 32 heavy (non-hydrogen) atoms. The lowest BCUT2D eigenvalue weighted by atomic mass is 10.0. The second-order valence-corrected chi connectivity index (χ2v) is 7.83. The Labute approximate surface area is 191 Å². The van der Waals surface area contributed by atoms with E-state index in [1.54, 1.807) is 30.5 Å². The number of aromatic nitrogens is 1. The number of carbonyl (C=O) groups is 1. The first kappa shape index (κ1) is 21.6. The summed E-state index contributed by atoms with van der Waals surface area (Å²) in [4.78, 5) is 12.6. The summed E-state index contributed by atoms with van der Waals surface area (Å²) in [7, 11) is 0. The minimum absolute atomic E-state index is 0.298. The fourth-order valence-electron chi connectivity index (χ4n) is 3.40. The molecule has 0 saturated heterocycles. The fraction of sp³-hybridized carbons (Fsp3) is 0.120. The third-order valence-corrected chi connectivity index (χ3v) is 5.58. The van der Waals surface area contributed by atoms with Crippen LogP contribution in [0.1, 0.15) is 29.7 Å². The number of benzene rings is 3. The van der Waals surface area contributed by atoms with Crippen molar-refractivity contribution >= 4 is 24.5 Å². The number of nitrogens with zero attached hydrogens (tertiary/aromatic N) is 2. The molecular weight excluding hydrogens is 425 g/mol. The second kappa shape index (κ2) is 9.70. The third kappa shape index (κ3) is 5.00. The van der Waals surface area contributed by atoms with Crippen LogP contribution in [0.15, 0.2) is 89.6 Å². The van der Waals surface area contributed by atoms with Crippen LogP contribution in [-0.4, -0.2) is 11.2 Å². The largest absolute Gasteiger partial charge is 0.364 e. The van der Waals surface area contributed by atoms with Gasteiger partial charge in [-0.3, -0.25) is 0 Å². The number of nitrogens with one attached hydrogen (secondary N) is 1. The molecule has 3 aromatic carbocycles. The van der Waals surface area contributed by atoms with Gasteiger partial charge in [0.05, 0.1) is 11.7 Å². The molecular formula is C25H22FN3O2S. The number of amides is 2. The zero-order valence-corrected chi connectivity index (χ0v) is 18.3. The van der Waals surface area contributed by atoms with Gasteiger partial charge in [0.2, 0.25) is 0 Å². The Balaban J connectivity index is 1.44. The standard InChI is InChI=1S/C25H22FN3O2S/c1-17(19-7-11-22(26)12-8-19)27-25(30)29(32)23-13-9-20(10-14-23)24-21(16-31-28-24)15-18-5-3-2-4-6-18/h2-14,16-17,32H,15H2,1H3,(H,27,30). The van der Waals surface area contributed by atoms with Crippen molar-refractivity contribution in [3.05, 3.63) is 108 Å². The first-order valence-corrected chi connectivity index (χ1v) is 10.5. The summed E-state index contributed by atoms with van der Waals surface area (Å²) in [5.41, 5.74) is 5.21. The molecule has 4 aromatic rings. The molecule has 7 heteroatoms. The number of urea groups is 1. The minimum atomic E-state index is -0.385. The van der Waals surface area contributed by atoms with Crippen molar-refractivity contribution in [1.29, 1.82) is 0 Å². The highest BCUT2D eigenvalue weighted by Gasteiger charge is 2.17. The van der Waals surface area contributed by atoms with Gasteiger partial charge in [-0.25, -0.2) is 13.5 Å². The lowest BCUT2D eigenvalue weighted by Crippen LogP contribution is -2.35. The van der Waals surface area contributed by atoms with Crippen LogP contribution in [0.4, 0.5) is 14.9 Å². The highest BCUT2D eigenvalue weighted by Crippen LogP contribution is 2.27. The molecule has 162 valence electrons. The molecule has 0 spiro atoms. The van der Waals surface area contributed by atoms with Crippen LogP contribution in [-0.2, 0) is 6.42 Å². The molecule has 5 nitrogen and oxygen atoms in total. The number of anilines is 1. The van der Waals surface area contributed by atoms with Gasteiger partial charge in [-0.15, -0.1) is 0 Å². The zero-order valence-electron chi connectivity index (χ0n) is 17.4. The maximum atomic E-state index is 13.1. The molecule has 2 amide bonds. The second-order valence-electron chi connectivity index (χ2n) is 7.43. The SMILES string of the molecule is CC(NC(=O)N(S)c1ccc(-c2nocc2Cc2ccccc2)cc1)c1ccc(F)cc1. The van der Waals surface area contributed by atoms with Crippen LogP contribution >= 0.6 is 12.8 Å². The van der Waals surface area contributed by atoms with Crippen molar-refractivity contribution in [2.75, 3.05) is 4.31 Å². The van der Waals surface area contributed by atoms with Crippen LogP contribution in [0.2, 0.25) is 0 Å². The molecule has 1 unspecified atom stereocenters. The molecule has 0 aliphatic carbocycles. The molecule has 0 radical (unpaired) electrons. The van der Waals surface area contributed by atoms with E-state index in [9.17, 15) is 9.18 Å². The number of hydrogen-bond donors (Lipinski definition) is 2. The Morgan fingerprint density at radius 3 is 2.44 bits per heavy atom. The number of hydrogen-bond acceptors (Lipinski definition) is 4. The fourth-order valence-corrected chi connectivity index (χ4v) is 3.59. The summed E-state index contributed by atoms with van der Waals surface area (Å²) >= 11 is 4.34. The monoisotopic (exact) mass is 447 g/mol. The van der Waals surface area contributed by atoms with Gasteiger partial charge in [0.25, 0.3) is 0 Å². The molecule has 1 N–H and O–H groups in total. The zero-order chi connectivity index (χ0) is 22.5. The normalized spacial score (nSPS) is 11.7. The summed E-state index contributed by atoms with van der Waals surface area (Å²) < 4.78 is 19.6. The van der Waals surface area contributed by atoms with E-state index in [0.717, 1.165) is 22.4 Å². The van der Waals surface area contributed by atoms with Crippen LogP contribution < -0.4 is 9.62 Å². The average Bonchev–Trinajstić information content (AvgIpc) is 3.27. The van der Waals surface area contributed by atoms with Gasteiger partial charge >= 0.3 is 6.03 Å². The number of halogens is 1. The Hall–Kier alpha value is -3.58. The van der Waals surface area contributed by atoms with Gasteiger partial charge in [-0.05, 0) is 42.3 Å². The van der Waals surface area contributed by atoms with Crippen LogP contribution in [0.3, 0.4) is 0 Å². The van der Waals surface area contributed by atoms with E-state index in [1.165, 1.54) is 22.0 Å². The highest BCUT2D eigenvalue weighted by molar-refractivity contribution is 7.82. The van der Waals surface area contributed by atoms with Crippen molar-refractivity contribution in [2.24, 2.45) is 0 Å². The maximum Gasteiger partial charge on any atom is 0.332 e. The van der Waals surface area contributed by atoms with Crippen molar-refractivity contribution in [3.8, 4) is 11.3 Å². The summed E-state index contributed by atoms with van der Waals surface area (Å²) in [6, 6.07) is 22.8. The number of thiol groups is 1. The van der Waals surface area contributed by atoms with E-state index < -0.39 is 0 Å². The summed E-state index contributed by atoms with van der Waals surface area (Å²) in [6.45, 7) is 1.83. The Morgan fingerprint density at radius 1 is 1.06 bits per heavy atom. The molecule has 0 bridgehead atoms. The van der Waals surface area contributed by atoms with Gasteiger partial charge in [0, 0.05) is 17.5 Å². The van der Waals surface area contributed by atoms with E-state index in [1.807, 2.05) is 37.3 Å². The minimum Gasteiger partial charge on any atom is -0.364 e. The van der Waals surface area contributed by atoms with Crippen LogP contribution in [0, 0.1) is 5.82 Å². The van der Waals surface area contributed by atoms with Crippen LogP contribution in [0.5, 0.6) is 0 Å². The Bertz CT molecular complexity index is 1180. The van der Waals surface area contributed by atoms with E-state index in [0.29, 0.717) is 12.1 Å². The van der Waals surface area contributed by atoms with E-state index >= 15 is 0 Å². The van der Waals surface area contributed by atoms with Gasteiger partial charge in [0.1, 0.15) is 17.8 Å². The summed E-state index contributed by atoms with van der Waals surface area (Å²) in [5, 5.41) is 7.01. The third-order valence-electron chi connectivity index (χ3n) is 5.17. The Kier molecular flexibility index (Phi) is 6.56. The van der Waals surface area contributed by atoms with Gasteiger partial charge in [0.15, 0.2) is 0 Å². The number of carbonyl (C=O) groups excluding carboxylic acids is 1.